The molecule has 0 bridgehead atoms. The minimum absolute atomic E-state index is 0.0504. The third-order valence-electron chi connectivity index (χ3n) is 3.86. The lowest BCUT2D eigenvalue weighted by molar-refractivity contribution is -0.118. The Morgan fingerprint density at radius 3 is 3.00 bits per heavy atom. The first-order valence-corrected chi connectivity index (χ1v) is 8.95. The smallest absolute Gasteiger partial charge is 0.262 e. The first kappa shape index (κ1) is 16.5. The van der Waals surface area contributed by atoms with Crippen LogP contribution in [-0.4, -0.2) is 36.3 Å². The molecule has 2 N–H and O–H groups in total. The van der Waals surface area contributed by atoms with Crippen LogP contribution in [0.5, 0.6) is 11.5 Å². The van der Waals surface area contributed by atoms with Crippen molar-refractivity contribution in [1.82, 2.24) is 5.43 Å². The van der Waals surface area contributed by atoms with Gasteiger partial charge in [-0.2, -0.15) is 5.10 Å². The summed E-state index contributed by atoms with van der Waals surface area (Å²) in [4.78, 5) is 16.0. The van der Waals surface area contributed by atoms with Crippen LogP contribution in [0.25, 0.3) is 0 Å². The summed E-state index contributed by atoms with van der Waals surface area (Å²) in [5.41, 5.74) is 6.25. The van der Waals surface area contributed by atoms with Crippen molar-refractivity contribution in [3.8, 4) is 11.5 Å². The zero-order valence-corrected chi connectivity index (χ0v) is 14.8. The quantitative estimate of drug-likeness (QED) is 0.870. The summed E-state index contributed by atoms with van der Waals surface area (Å²) in [6.07, 6.45) is 0. The highest BCUT2D eigenvalue weighted by Gasteiger charge is 2.19. The third-order valence-corrected chi connectivity index (χ3v) is 4.74. The standard InChI is InChI=1S/C18H16N4O3S/c1-24-13-4-2-3-12(8-13)19-18-22-21-15(10-26-18)11-5-6-16-14(7-11)20-17(23)9-25-16/h2-8H,9-10H2,1H3,(H,19,22)(H,20,23). The summed E-state index contributed by atoms with van der Waals surface area (Å²) < 4.78 is 10.6. The van der Waals surface area contributed by atoms with Crippen LogP contribution >= 0.6 is 11.8 Å². The molecule has 0 aliphatic carbocycles. The summed E-state index contributed by atoms with van der Waals surface area (Å²) in [5, 5.41) is 7.95. The Bertz CT molecular complexity index is 926. The van der Waals surface area contributed by atoms with E-state index < -0.39 is 0 Å². The highest BCUT2D eigenvalue weighted by molar-refractivity contribution is 8.14. The summed E-state index contributed by atoms with van der Waals surface area (Å²) in [5.74, 6) is 1.95. The van der Waals surface area contributed by atoms with E-state index >= 15 is 0 Å². The number of rotatable bonds is 3. The first-order valence-electron chi connectivity index (χ1n) is 7.96. The number of amides is 1. The summed E-state index contributed by atoms with van der Waals surface area (Å²) in [6, 6.07) is 13.2. The molecule has 132 valence electrons. The number of hydrogen-bond acceptors (Lipinski definition) is 6. The largest absolute Gasteiger partial charge is 0.497 e. The van der Waals surface area contributed by atoms with Gasteiger partial charge in [-0.15, -0.1) is 0 Å². The molecular formula is C18H16N4O3S. The molecule has 0 aromatic heterocycles. The molecule has 8 heteroatoms. The average Bonchev–Trinajstić information content (AvgIpc) is 2.68. The van der Waals surface area contributed by atoms with Gasteiger partial charge in [0.25, 0.3) is 5.91 Å². The number of ether oxygens (including phenoxy) is 2. The van der Waals surface area contributed by atoms with Crippen molar-refractivity contribution in [3.63, 3.8) is 0 Å². The number of methoxy groups -OCH3 is 1. The number of nitrogens with one attached hydrogen (secondary N) is 2. The zero-order valence-electron chi connectivity index (χ0n) is 14.0. The van der Waals surface area contributed by atoms with Crippen LogP contribution in [-0.2, 0) is 4.79 Å². The van der Waals surface area contributed by atoms with Crippen molar-refractivity contribution >= 4 is 39.9 Å². The van der Waals surface area contributed by atoms with Gasteiger partial charge in [-0.3, -0.25) is 10.2 Å². The van der Waals surface area contributed by atoms with Gasteiger partial charge in [-0.25, -0.2) is 4.99 Å². The van der Waals surface area contributed by atoms with Gasteiger partial charge in [0, 0.05) is 17.4 Å². The Hall–Kier alpha value is -3.00. The van der Waals surface area contributed by atoms with Crippen LogP contribution < -0.4 is 20.2 Å². The minimum atomic E-state index is -0.152. The number of benzene rings is 2. The second kappa shape index (κ2) is 7.09. The maximum absolute atomic E-state index is 11.5. The average molecular weight is 368 g/mol. The van der Waals surface area contributed by atoms with Crippen LogP contribution in [0.4, 0.5) is 11.4 Å². The second-order valence-electron chi connectivity index (χ2n) is 5.63. The molecular weight excluding hydrogens is 352 g/mol. The Morgan fingerprint density at radius 1 is 1.27 bits per heavy atom. The number of thioether (sulfide) groups is 1. The number of anilines is 1. The predicted molar refractivity (Wildman–Crippen MR) is 103 cm³/mol. The molecule has 0 fully saturated rings. The number of fused-ring (bicyclic) bond motifs is 1. The molecule has 4 rings (SSSR count). The molecule has 0 saturated heterocycles. The Morgan fingerprint density at radius 2 is 2.19 bits per heavy atom. The maximum Gasteiger partial charge on any atom is 0.262 e. The second-order valence-corrected chi connectivity index (χ2v) is 6.59. The summed E-state index contributed by atoms with van der Waals surface area (Å²) in [6.45, 7) is 0.0504. The Balaban J connectivity index is 1.52. The maximum atomic E-state index is 11.5. The van der Waals surface area contributed by atoms with Crippen molar-refractivity contribution in [1.29, 1.82) is 0 Å². The van der Waals surface area contributed by atoms with Gasteiger partial charge in [0.1, 0.15) is 11.5 Å². The van der Waals surface area contributed by atoms with Crippen molar-refractivity contribution in [3.05, 3.63) is 48.0 Å². The number of aliphatic imine (C=N–C) groups is 1. The third kappa shape index (κ3) is 3.50. The predicted octanol–water partition coefficient (Wildman–Crippen LogP) is 2.75. The van der Waals surface area contributed by atoms with E-state index in [-0.39, 0.29) is 12.5 Å². The van der Waals surface area contributed by atoms with Gasteiger partial charge in [0.2, 0.25) is 0 Å². The van der Waals surface area contributed by atoms with Crippen LogP contribution in [0.2, 0.25) is 0 Å². The molecule has 0 saturated carbocycles. The van der Waals surface area contributed by atoms with Gasteiger partial charge < -0.3 is 14.8 Å². The van der Waals surface area contributed by atoms with Gasteiger partial charge in [0.15, 0.2) is 11.8 Å². The summed E-state index contributed by atoms with van der Waals surface area (Å²) >= 11 is 1.56. The highest BCUT2D eigenvalue weighted by atomic mass is 32.2. The fourth-order valence-corrected chi connectivity index (χ4v) is 3.37. The van der Waals surface area contributed by atoms with Crippen LogP contribution in [0.3, 0.4) is 0 Å². The molecule has 2 heterocycles. The topological polar surface area (TPSA) is 84.3 Å². The van der Waals surface area contributed by atoms with Crippen molar-refractivity contribution in [2.75, 3.05) is 24.8 Å². The number of hydrogen-bond donors (Lipinski definition) is 2. The number of carbonyl (C=O) groups excluding carboxylic acids is 1. The van der Waals surface area contributed by atoms with Crippen molar-refractivity contribution in [2.45, 2.75) is 0 Å². The van der Waals surface area contributed by atoms with Gasteiger partial charge in [-0.1, -0.05) is 17.8 Å². The number of carbonyl (C=O) groups is 1. The number of amidine groups is 1. The Kier molecular flexibility index (Phi) is 4.49. The molecule has 2 aromatic carbocycles. The van der Waals surface area contributed by atoms with Gasteiger partial charge in [0.05, 0.1) is 24.2 Å². The van der Waals surface area contributed by atoms with Crippen molar-refractivity contribution in [2.24, 2.45) is 10.1 Å². The van der Waals surface area contributed by atoms with Gasteiger partial charge >= 0.3 is 0 Å². The highest BCUT2D eigenvalue weighted by Crippen LogP contribution is 2.29. The van der Waals surface area contributed by atoms with Gasteiger partial charge in [-0.05, 0) is 30.3 Å². The molecule has 26 heavy (non-hydrogen) atoms. The number of nitrogens with zero attached hydrogens (tertiary/aromatic N) is 2. The SMILES string of the molecule is COc1cccc(N=C2NN=C(c3ccc4c(c3)NC(=O)CO4)CS2)c1. The molecule has 0 atom stereocenters. The molecule has 2 aliphatic rings. The lowest BCUT2D eigenvalue weighted by Gasteiger charge is -2.20. The van der Waals surface area contributed by atoms with E-state index in [0.29, 0.717) is 17.2 Å². The van der Waals surface area contributed by atoms with E-state index in [4.69, 9.17) is 9.47 Å². The number of hydrazone groups is 1. The van der Waals surface area contributed by atoms with E-state index in [1.54, 1.807) is 18.9 Å². The van der Waals surface area contributed by atoms with E-state index in [2.05, 4.69) is 20.8 Å². The first-order chi connectivity index (χ1) is 12.7. The zero-order chi connectivity index (χ0) is 17.9. The molecule has 7 nitrogen and oxygen atoms in total. The molecule has 2 aliphatic heterocycles. The Labute approximate surface area is 154 Å². The van der Waals surface area contributed by atoms with E-state index in [1.807, 2.05) is 42.5 Å². The molecule has 0 unspecified atom stereocenters. The van der Waals surface area contributed by atoms with E-state index in [0.717, 1.165) is 27.9 Å². The van der Waals surface area contributed by atoms with Crippen LogP contribution in [0.15, 0.2) is 52.6 Å². The fraction of sp³-hybridized carbons (Fsp3) is 0.167. The molecule has 0 spiro atoms. The normalized spacial score (nSPS) is 17.5. The molecule has 1 amide bonds. The van der Waals surface area contributed by atoms with E-state index in [9.17, 15) is 4.79 Å². The monoisotopic (exact) mass is 368 g/mol. The molecule has 2 aromatic rings. The molecule has 0 radical (unpaired) electrons. The van der Waals surface area contributed by atoms with Crippen LogP contribution in [0, 0.1) is 0 Å². The van der Waals surface area contributed by atoms with Crippen molar-refractivity contribution < 1.29 is 14.3 Å². The van der Waals surface area contributed by atoms with Crippen LogP contribution in [0.1, 0.15) is 5.56 Å². The summed E-state index contributed by atoms with van der Waals surface area (Å²) in [7, 11) is 1.63. The minimum Gasteiger partial charge on any atom is -0.497 e. The fourth-order valence-electron chi connectivity index (χ4n) is 2.58. The lowest BCUT2D eigenvalue weighted by Crippen LogP contribution is -2.27. The van der Waals surface area contributed by atoms with E-state index in [1.165, 1.54) is 0 Å². The lowest BCUT2D eigenvalue weighted by atomic mass is 10.1.